The van der Waals surface area contributed by atoms with E-state index in [9.17, 15) is 4.79 Å². The molecule has 3 N–H and O–H groups in total. The molecule has 21 heavy (non-hydrogen) atoms. The third-order valence-electron chi connectivity index (χ3n) is 2.98. The smallest absolute Gasteiger partial charge is 0.258 e. The van der Waals surface area contributed by atoms with Crippen molar-refractivity contribution in [3.63, 3.8) is 0 Å². The minimum atomic E-state index is -0.285. The van der Waals surface area contributed by atoms with Crippen LogP contribution < -0.4 is 15.2 Å². The Morgan fingerprint density at radius 2 is 2.05 bits per heavy atom. The first-order chi connectivity index (χ1) is 9.96. The fraction of sp³-hybridized carbons (Fsp3) is 0.429. The molecule has 1 rings (SSSR count). The monoisotopic (exact) mass is 295 g/mol. The molecule has 0 fully saturated rings. The maximum Gasteiger partial charge on any atom is 0.258 e. The van der Waals surface area contributed by atoms with Gasteiger partial charge < -0.3 is 25.3 Å². The van der Waals surface area contributed by atoms with E-state index in [-0.39, 0.29) is 24.3 Å². The number of nitrogens with two attached hydrogens (primary N) is 1. The molecule has 0 unspecified atom stereocenters. The summed E-state index contributed by atoms with van der Waals surface area (Å²) in [6, 6.07) is 4.93. The summed E-state index contributed by atoms with van der Waals surface area (Å²) in [4.78, 5) is 14.2. The van der Waals surface area contributed by atoms with Gasteiger partial charge in [-0.25, -0.2) is 0 Å². The molecule has 1 aromatic carbocycles. The maximum absolute atomic E-state index is 12.7. The molecule has 0 atom stereocenters. The summed E-state index contributed by atoms with van der Waals surface area (Å²) in [7, 11) is 2.97. The van der Waals surface area contributed by atoms with Crippen LogP contribution in [0.25, 0.3) is 0 Å². The van der Waals surface area contributed by atoms with Crippen LogP contribution in [0.5, 0.6) is 11.5 Å². The average Bonchev–Trinajstić information content (AvgIpc) is 2.50. The molecule has 0 saturated carbocycles. The number of rotatable bonds is 6. The quantitative estimate of drug-likeness (QED) is 0.357. The number of carbonyl (C=O) groups excluding carboxylic acids is 1. The van der Waals surface area contributed by atoms with E-state index in [0.29, 0.717) is 17.1 Å². The van der Waals surface area contributed by atoms with Crippen molar-refractivity contribution in [3.05, 3.63) is 23.8 Å². The van der Waals surface area contributed by atoms with Crippen LogP contribution >= 0.6 is 0 Å². The highest BCUT2D eigenvalue weighted by Crippen LogP contribution is 2.31. The number of hydrogen-bond donors (Lipinski definition) is 2. The molecule has 0 saturated heterocycles. The SMILES string of the molecule is COc1cccc(C(=O)N(CC(N)=NO)C(C)C)c1OC. The number of hydrogen-bond acceptors (Lipinski definition) is 5. The summed E-state index contributed by atoms with van der Waals surface area (Å²) in [5.74, 6) is 0.497. The molecule has 0 spiro atoms. The number of amidine groups is 1. The lowest BCUT2D eigenvalue weighted by molar-refractivity contribution is 0.0730. The van der Waals surface area contributed by atoms with Crippen LogP contribution in [-0.2, 0) is 0 Å². The lowest BCUT2D eigenvalue weighted by Gasteiger charge is -2.27. The van der Waals surface area contributed by atoms with Gasteiger partial charge >= 0.3 is 0 Å². The van der Waals surface area contributed by atoms with Crippen LogP contribution in [0.2, 0.25) is 0 Å². The number of benzene rings is 1. The Hall–Kier alpha value is -2.44. The van der Waals surface area contributed by atoms with Crippen LogP contribution in [-0.4, -0.2) is 48.7 Å². The molecule has 0 radical (unpaired) electrons. The predicted molar refractivity (Wildman–Crippen MR) is 79.1 cm³/mol. The van der Waals surface area contributed by atoms with Crippen molar-refractivity contribution >= 4 is 11.7 Å². The first-order valence-corrected chi connectivity index (χ1v) is 6.44. The van der Waals surface area contributed by atoms with Crippen LogP contribution in [0.3, 0.4) is 0 Å². The van der Waals surface area contributed by atoms with E-state index in [1.165, 1.54) is 19.1 Å². The number of amides is 1. The molecule has 0 aliphatic carbocycles. The van der Waals surface area contributed by atoms with Crippen LogP contribution in [0.15, 0.2) is 23.4 Å². The third kappa shape index (κ3) is 3.77. The average molecular weight is 295 g/mol. The number of para-hydroxylation sites is 1. The van der Waals surface area contributed by atoms with Gasteiger partial charge in [-0.3, -0.25) is 4.79 Å². The molecule has 0 aromatic heterocycles. The Morgan fingerprint density at radius 3 is 2.52 bits per heavy atom. The van der Waals surface area contributed by atoms with Crippen molar-refractivity contribution in [1.29, 1.82) is 0 Å². The summed E-state index contributed by atoms with van der Waals surface area (Å²) in [5.41, 5.74) is 5.86. The van der Waals surface area contributed by atoms with Gasteiger partial charge in [0.2, 0.25) is 0 Å². The normalized spacial score (nSPS) is 11.4. The van der Waals surface area contributed by atoms with Gasteiger partial charge in [-0.15, -0.1) is 0 Å². The molecular weight excluding hydrogens is 274 g/mol. The summed E-state index contributed by atoms with van der Waals surface area (Å²) >= 11 is 0. The van der Waals surface area contributed by atoms with Gasteiger partial charge in [0, 0.05) is 6.04 Å². The highest BCUT2D eigenvalue weighted by molar-refractivity contribution is 6.00. The zero-order valence-corrected chi connectivity index (χ0v) is 12.7. The predicted octanol–water partition coefficient (Wildman–Crippen LogP) is 1.30. The summed E-state index contributed by atoms with van der Waals surface area (Å²) < 4.78 is 10.5. The fourth-order valence-electron chi connectivity index (χ4n) is 1.91. The number of oxime groups is 1. The molecule has 0 aliphatic rings. The minimum Gasteiger partial charge on any atom is -0.493 e. The maximum atomic E-state index is 12.7. The molecule has 1 aromatic rings. The van der Waals surface area contributed by atoms with Crippen molar-refractivity contribution in [2.24, 2.45) is 10.9 Å². The number of carbonyl (C=O) groups is 1. The Kier molecular flexibility index (Phi) is 5.83. The number of ether oxygens (including phenoxy) is 2. The highest BCUT2D eigenvalue weighted by Gasteiger charge is 2.24. The van der Waals surface area contributed by atoms with Gasteiger partial charge in [-0.2, -0.15) is 0 Å². The number of nitrogens with zero attached hydrogens (tertiary/aromatic N) is 2. The van der Waals surface area contributed by atoms with Crippen molar-refractivity contribution in [2.75, 3.05) is 20.8 Å². The standard InChI is InChI=1S/C14H21N3O4/c1-9(2)17(8-12(15)16-19)14(18)10-6-5-7-11(20-3)13(10)21-4/h5-7,9,19H,8H2,1-4H3,(H2,15,16). The molecule has 7 nitrogen and oxygen atoms in total. The largest absolute Gasteiger partial charge is 0.493 e. The van der Waals surface area contributed by atoms with Crippen molar-refractivity contribution in [2.45, 2.75) is 19.9 Å². The van der Waals surface area contributed by atoms with E-state index in [1.807, 2.05) is 13.8 Å². The minimum absolute atomic E-state index is 0.0212. The molecule has 7 heteroatoms. The van der Waals surface area contributed by atoms with Crippen molar-refractivity contribution in [1.82, 2.24) is 4.90 Å². The van der Waals surface area contributed by atoms with E-state index in [4.69, 9.17) is 20.4 Å². The van der Waals surface area contributed by atoms with Gasteiger partial charge in [0.15, 0.2) is 17.3 Å². The van der Waals surface area contributed by atoms with Crippen LogP contribution in [0.1, 0.15) is 24.2 Å². The second kappa shape index (κ2) is 7.37. The van der Waals surface area contributed by atoms with Crippen LogP contribution in [0.4, 0.5) is 0 Å². The Balaban J connectivity index is 3.21. The molecule has 1 amide bonds. The number of methoxy groups -OCH3 is 2. The Bertz CT molecular complexity index is 529. The van der Waals surface area contributed by atoms with E-state index in [0.717, 1.165) is 0 Å². The topological polar surface area (TPSA) is 97.4 Å². The van der Waals surface area contributed by atoms with Crippen molar-refractivity contribution in [3.8, 4) is 11.5 Å². The summed E-state index contributed by atoms with van der Waals surface area (Å²) in [6.45, 7) is 3.71. The van der Waals surface area contributed by atoms with Crippen molar-refractivity contribution < 1.29 is 19.5 Å². The Morgan fingerprint density at radius 1 is 1.38 bits per heavy atom. The zero-order valence-electron chi connectivity index (χ0n) is 12.7. The second-order valence-electron chi connectivity index (χ2n) is 4.66. The van der Waals surface area contributed by atoms with E-state index < -0.39 is 0 Å². The van der Waals surface area contributed by atoms with E-state index in [1.54, 1.807) is 18.2 Å². The van der Waals surface area contributed by atoms with Gasteiger partial charge in [0.1, 0.15) is 0 Å². The molecule has 0 heterocycles. The van der Waals surface area contributed by atoms with Gasteiger partial charge in [0.25, 0.3) is 5.91 Å². The lowest BCUT2D eigenvalue weighted by Crippen LogP contribution is -2.43. The van der Waals surface area contributed by atoms with E-state index >= 15 is 0 Å². The highest BCUT2D eigenvalue weighted by atomic mass is 16.5. The first-order valence-electron chi connectivity index (χ1n) is 6.44. The Labute approximate surface area is 123 Å². The third-order valence-corrected chi connectivity index (χ3v) is 2.98. The summed E-state index contributed by atoms with van der Waals surface area (Å²) in [5, 5.41) is 11.6. The van der Waals surface area contributed by atoms with Gasteiger partial charge in [-0.05, 0) is 26.0 Å². The van der Waals surface area contributed by atoms with Gasteiger partial charge in [0.05, 0.1) is 26.3 Å². The van der Waals surface area contributed by atoms with Gasteiger partial charge in [-0.1, -0.05) is 11.2 Å². The lowest BCUT2D eigenvalue weighted by atomic mass is 10.1. The van der Waals surface area contributed by atoms with Crippen LogP contribution in [0, 0.1) is 0 Å². The fourth-order valence-corrected chi connectivity index (χ4v) is 1.91. The first kappa shape index (κ1) is 16.6. The second-order valence-corrected chi connectivity index (χ2v) is 4.66. The molecule has 116 valence electrons. The molecular formula is C14H21N3O4. The zero-order chi connectivity index (χ0) is 16.0. The van der Waals surface area contributed by atoms with E-state index in [2.05, 4.69) is 5.16 Å². The molecule has 0 aliphatic heterocycles. The summed E-state index contributed by atoms with van der Waals surface area (Å²) in [6.07, 6.45) is 0. The molecule has 0 bridgehead atoms.